The lowest BCUT2D eigenvalue weighted by molar-refractivity contribution is 0.0693. The van der Waals surface area contributed by atoms with E-state index in [1.807, 2.05) is 13.8 Å². The minimum Gasteiger partial charge on any atom is -0.495 e. The van der Waals surface area contributed by atoms with Gasteiger partial charge in [-0.2, -0.15) is 4.31 Å². The molecule has 1 saturated heterocycles. The monoisotopic (exact) mass is 406 g/mol. The average Bonchev–Trinajstić information content (AvgIpc) is 2.69. The van der Waals surface area contributed by atoms with Crippen molar-refractivity contribution in [2.75, 3.05) is 33.3 Å². The Labute approximate surface area is 164 Å². The molecule has 1 aliphatic heterocycles. The summed E-state index contributed by atoms with van der Waals surface area (Å²) in [5.74, 6) is -0.714. The van der Waals surface area contributed by atoms with Crippen LogP contribution in [-0.4, -0.2) is 56.8 Å². The van der Waals surface area contributed by atoms with E-state index in [1.165, 1.54) is 34.5 Å². The van der Waals surface area contributed by atoms with Crippen LogP contribution in [0.2, 0.25) is 0 Å². The van der Waals surface area contributed by atoms with Crippen LogP contribution in [0.15, 0.2) is 41.3 Å². The van der Waals surface area contributed by atoms with Crippen LogP contribution in [0, 0.1) is 19.7 Å². The first-order chi connectivity index (χ1) is 13.3. The minimum atomic E-state index is -3.77. The summed E-state index contributed by atoms with van der Waals surface area (Å²) in [5, 5.41) is 0. The van der Waals surface area contributed by atoms with E-state index in [2.05, 4.69) is 0 Å². The maximum absolute atomic E-state index is 13.9. The van der Waals surface area contributed by atoms with E-state index in [0.29, 0.717) is 5.75 Å². The predicted molar refractivity (Wildman–Crippen MR) is 104 cm³/mol. The molecule has 1 fully saturated rings. The summed E-state index contributed by atoms with van der Waals surface area (Å²) in [7, 11) is -2.33. The van der Waals surface area contributed by atoms with E-state index in [-0.39, 0.29) is 36.6 Å². The highest BCUT2D eigenvalue weighted by Gasteiger charge is 2.33. The van der Waals surface area contributed by atoms with Crippen molar-refractivity contribution in [2.45, 2.75) is 18.7 Å². The van der Waals surface area contributed by atoms with Gasteiger partial charge in [-0.3, -0.25) is 4.79 Å². The number of hydrogen-bond acceptors (Lipinski definition) is 4. The molecule has 0 spiro atoms. The number of aryl methyl sites for hydroxylation is 2. The highest BCUT2D eigenvalue weighted by molar-refractivity contribution is 7.89. The minimum absolute atomic E-state index is 0.00497. The molecule has 0 unspecified atom stereocenters. The molecule has 8 heteroatoms. The van der Waals surface area contributed by atoms with Gasteiger partial charge in [-0.25, -0.2) is 12.8 Å². The van der Waals surface area contributed by atoms with Crippen LogP contribution in [0.1, 0.15) is 21.5 Å². The first-order valence-corrected chi connectivity index (χ1v) is 10.4. The van der Waals surface area contributed by atoms with E-state index in [0.717, 1.165) is 11.1 Å². The summed E-state index contributed by atoms with van der Waals surface area (Å²) >= 11 is 0. The smallest absolute Gasteiger partial charge is 0.256 e. The van der Waals surface area contributed by atoms with E-state index >= 15 is 0 Å². The number of sulfonamides is 1. The Morgan fingerprint density at radius 3 is 2.25 bits per heavy atom. The van der Waals surface area contributed by atoms with Crippen molar-refractivity contribution in [3.8, 4) is 5.75 Å². The predicted octanol–water partition coefficient (Wildman–Crippen LogP) is 2.60. The average molecular weight is 406 g/mol. The summed E-state index contributed by atoms with van der Waals surface area (Å²) in [6.07, 6.45) is 0. The topological polar surface area (TPSA) is 66.9 Å². The molecule has 0 radical (unpaired) electrons. The van der Waals surface area contributed by atoms with E-state index in [1.54, 1.807) is 18.2 Å². The highest BCUT2D eigenvalue weighted by atomic mass is 32.2. The molecule has 2 aromatic rings. The van der Waals surface area contributed by atoms with Crippen molar-refractivity contribution in [2.24, 2.45) is 0 Å². The van der Waals surface area contributed by atoms with Crippen LogP contribution in [0.4, 0.5) is 4.39 Å². The normalized spacial score (nSPS) is 15.5. The summed E-state index contributed by atoms with van der Waals surface area (Å²) in [4.78, 5) is 14.1. The van der Waals surface area contributed by atoms with E-state index < -0.39 is 21.7 Å². The van der Waals surface area contributed by atoms with Gasteiger partial charge in [0.1, 0.15) is 16.5 Å². The van der Waals surface area contributed by atoms with Gasteiger partial charge in [0.15, 0.2) is 0 Å². The Hall–Kier alpha value is -2.45. The molecule has 1 heterocycles. The molecule has 150 valence electrons. The summed E-state index contributed by atoms with van der Waals surface area (Å²) < 4.78 is 46.7. The molecule has 6 nitrogen and oxygen atoms in total. The number of carbonyl (C=O) groups excluding carboxylic acids is 1. The lowest BCUT2D eigenvalue weighted by atomic mass is 10.1. The number of carbonyl (C=O) groups is 1. The Morgan fingerprint density at radius 2 is 1.64 bits per heavy atom. The third-order valence-corrected chi connectivity index (χ3v) is 6.95. The Bertz CT molecular complexity index is 999. The number of ether oxygens (including phenoxy) is 1. The lowest BCUT2D eigenvalue weighted by Crippen LogP contribution is -2.50. The Balaban J connectivity index is 1.79. The molecule has 0 atom stereocenters. The van der Waals surface area contributed by atoms with Gasteiger partial charge in [-0.05, 0) is 49.2 Å². The number of halogens is 1. The molecule has 0 saturated carbocycles. The van der Waals surface area contributed by atoms with Crippen LogP contribution >= 0.6 is 0 Å². The zero-order valence-corrected chi connectivity index (χ0v) is 16.9. The van der Waals surface area contributed by atoms with Crippen molar-refractivity contribution in [1.29, 1.82) is 0 Å². The van der Waals surface area contributed by atoms with Gasteiger partial charge in [0.05, 0.1) is 12.7 Å². The van der Waals surface area contributed by atoms with Gasteiger partial charge < -0.3 is 9.64 Å². The first kappa shape index (κ1) is 20.3. The van der Waals surface area contributed by atoms with Gasteiger partial charge >= 0.3 is 0 Å². The molecular formula is C20H23FN2O4S. The Morgan fingerprint density at radius 1 is 1.04 bits per heavy atom. The largest absolute Gasteiger partial charge is 0.495 e. The van der Waals surface area contributed by atoms with Gasteiger partial charge in [0.2, 0.25) is 10.0 Å². The molecule has 3 rings (SSSR count). The second-order valence-corrected chi connectivity index (χ2v) is 8.67. The molecule has 0 aliphatic carbocycles. The van der Waals surface area contributed by atoms with Gasteiger partial charge in [-0.15, -0.1) is 0 Å². The molecule has 0 aromatic heterocycles. The maximum atomic E-state index is 13.9. The number of methoxy groups -OCH3 is 1. The lowest BCUT2D eigenvalue weighted by Gasteiger charge is -2.34. The molecule has 0 bridgehead atoms. The second kappa shape index (κ2) is 7.89. The van der Waals surface area contributed by atoms with Gasteiger partial charge in [-0.1, -0.05) is 12.1 Å². The number of piperazine rings is 1. The molecule has 2 aromatic carbocycles. The van der Waals surface area contributed by atoms with Crippen LogP contribution in [0.5, 0.6) is 5.75 Å². The summed E-state index contributed by atoms with van der Waals surface area (Å²) in [6.45, 7) is 4.40. The van der Waals surface area contributed by atoms with Gasteiger partial charge in [0, 0.05) is 26.2 Å². The fourth-order valence-corrected chi connectivity index (χ4v) is 4.84. The van der Waals surface area contributed by atoms with Gasteiger partial charge in [0.25, 0.3) is 5.91 Å². The molecule has 0 N–H and O–H groups in total. The van der Waals surface area contributed by atoms with Crippen molar-refractivity contribution < 1.29 is 22.3 Å². The number of nitrogens with zero attached hydrogens (tertiary/aromatic N) is 2. The number of hydrogen-bond donors (Lipinski definition) is 0. The fourth-order valence-electron chi connectivity index (χ4n) is 3.20. The maximum Gasteiger partial charge on any atom is 0.256 e. The second-order valence-electron chi connectivity index (χ2n) is 6.76. The standard InChI is InChI=1S/C20H23FN2O4S/c1-14-12-18(27-3)19(13-15(14)2)28(25,26)23-10-8-22(9-11-23)20(24)16-6-4-5-7-17(16)21/h4-7,12-13H,8-11H2,1-3H3. The third-order valence-electron chi connectivity index (χ3n) is 5.03. The number of amides is 1. The zero-order chi connectivity index (χ0) is 20.5. The van der Waals surface area contributed by atoms with Crippen molar-refractivity contribution in [3.63, 3.8) is 0 Å². The number of benzene rings is 2. The van der Waals surface area contributed by atoms with Crippen LogP contribution in [0.25, 0.3) is 0 Å². The fraction of sp³-hybridized carbons (Fsp3) is 0.350. The van der Waals surface area contributed by atoms with E-state index in [9.17, 15) is 17.6 Å². The molecule has 1 aliphatic rings. The molecule has 1 amide bonds. The SMILES string of the molecule is COc1cc(C)c(C)cc1S(=O)(=O)N1CCN(C(=O)c2ccccc2F)CC1. The molecule has 28 heavy (non-hydrogen) atoms. The highest BCUT2D eigenvalue weighted by Crippen LogP contribution is 2.30. The third kappa shape index (κ3) is 3.74. The number of rotatable bonds is 4. The quantitative estimate of drug-likeness (QED) is 0.783. The van der Waals surface area contributed by atoms with Crippen molar-refractivity contribution >= 4 is 15.9 Å². The Kier molecular flexibility index (Phi) is 5.71. The van der Waals surface area contributed by atoms with Crippen LogP contribution < -0.4 is 4.74 Å². The molecular weight excluding hydrogens is 383 g/mol. The van der Waals surface area contributed by atoms with Crippen molar-refractivity contribution in [1.82, 2.24) is 9.21 Å². The van der Waals surface area contributed by atoms with Crippen molar-refractivity contribution in [3.05, 3.63) is 58.9 Å². The van der Waals surface area contributed by atoms with Crippen LogP contribution in [-0.2, 0) is 10.0 Å². The van der Waals surface area contributed by atoms with Crippen LogP contribution in [0.3, 0.4) is 0 Å². The summed E-state index contributed by atoms with van der Waals surface area (Å²) in [5.41, 5.74) is 1.79. The zero-order valence-electron chi connectivity index (χ0n) is 16.1. The van der Waals surface area contributed by atoms with E-state index in [4.69, 9.17) is 4.74 Å². The first-order valence-electron chi connectivity index (χ1n) is 8.95. The summed E-state index contributed by atoms with van der Waals surface area (Å²) in [6, 6.07) is 9.11.